The minimum Gasteiger partial charge on any atom is -0.481 e. The van der Waals surface area contributed by atoms with Crippen LogP contribution in [0.5, 0.6) is 0 Å². The Bertz CT molecular complexity index is 767. The smallest absolute Gasteiger partial charge is 0.306 e. The van der Waals surface area contributed by atoms with Crippen LogP contribution in [0.1, 0.15) is 42.4 Å². The van der Waals surface area contributed by atoms with Crippen LogP contribution in [0.3, 0.4) is 0 Å². The van der Waals surface area contributed by atoms with Crippen molar-refractivity contribution in [1.82, 2.24) is 0 Å². The van der Waals surface area contributed by atoms with Crippen LogP contribution >= 0.6 is 0 Å². The molecule has 4 heteroatoms. The molecule has 2 aromatic carbocycles. The summed E-state index contributed by atoms with van der Waals surface area (Å²) in [5, 5.41) is 12.0. The first-order valence-corrected chi connectivity index (χ1v) is 8.75. The molecule has 1 amide bonds. The maximum absolute atomic E-state index is 12.7. The molecule has 3 rings (SSSR count). The van der Waals surface area contributed by atoms with Crippen molar-refractivity contribution in [2.45, 2.75) is 38.5 Å². The fourth-order valence-corrected chi connectivity index (χ4v) is 3.42. The van der Waals surface area contributed by atoms with E-state index in [0.29, 0.717) is 6.42 Å². The number of amides is 1. The maximum atomic E-state index is 12.7. The van der Waals surface area contributed by atoms with E-state index in [0.717, 1.165) is 36.1 Å². The molecule has 130 valence electrons. The molecule has 0 heterocycles. The number of benzene rings is 2. The second-order valence-electron chi connectivity index (χ2n) is 6.77. The summed E-state index contributed by atoms with van der Waals surface area (Å²) in [4.78, 5) is 23.6. The first-order chi connectivity index (χ1) is 12.0. The molecule has 1 aliphatic rings. The van der Waals surface area contributed by atoms with Gasteiger partial charge in [-0.15, -0.1) is 0 Å². The number of rotatable bonds is 5. The Hall–Kier alpha value is -2.62. The summed E-state index contributed by atoms with van der Waals surface area (Å²) in [5.74, 6) is -1.29. The molecule has 0 saturated heterocycles. The standard InChI is InChI=1S/C21H23NO3/c1-14(21(24)25)13-15-9-11-17(12-10-15)22-20(23)19-8-4-6-16-5-2-3-7-18(16)19/h2-3,5,7,9-12,14,19H,4,6,8,13H2,1H3,(H,22,23)(H,24,25). The molecule has 2 N–H and O–H groups in total. The lowest BCUT2D eigenvalue weighted by atomic mass is 9.82. The minimum absolute atomic E-state index is 0.0267. The van der Waals surface area contributed by atoms with E-state index in [1.165, 1.54) is 5.56 Å². The fourth-order valence-electron chi connectivity index (χ4n) is 3.42. The van der Waals surface area contributed by atoms with Crippen molar-refractivity contribution in [2.75, 3.05) is 5.32 Å². The van der Waals surface area contributed by atoms with Gasteiger partial charge in [0.05, 0.1) is 11.8 Å². The number of hydrogen-bond donors (Lipinski definition) is 2. The SMILES string of the molecule is CC(Cc1ccc(NC(=O)C2CCCc3ccccc32)cc1)C(=O)O. The van der Waals surface area contributed by atoms with Crippen molar-refractivity contribution in [1.29, 1.82) is 0 Å². The quantitative estimate of drug-likeness (QED) is 0.866. The van der Waals surface area contributed by atoms with E-state index >= 15 is 0 Å². The summed E-state index contributed by atoms with van der Waals surface area (Å²) in [6, 6.07) is 15.6. The highest BCUT2D eigenvalue weighted by atomic mass is 16.4. The number of carboxylic acids is 1. The highest BCUT2D eigenvalue weighted by Crippen LogP contribution is 2.32. The van der Waals surface area contributed by atoms with Crippen LogP contribution < -0.4 is 5.32 Å². The van der Waals surface area contributed by atoms with E-state index in [-0.39, 0.29) is 11.8 Å². The number of hydrogen-bond acceptors (Lipinski definition) is 2. The monoisotopic (exact) mass is 337 g/mol. The van der Waals surface area contributed by atoms with E-state index in [9.17, 15) is 9.59 Å². The summed E-state index contributed by atoms with van der Waals surface area (Å²) >= 11 is 0. The Morgan fingerprint density at radius 2 is 1.88 bits per heavy atom. The number of aryl methyl sites for hydroxylation is 1. The van der Waals surface area contributed by atoms with Gasteiger partial charge in [-0.1, -0.05) is 43.3 Å². The van der Waals surface area contributed by atoms with E-state index in [1.54, 1.807) is 6.92 Å². The zero-order chi connectivity index (χ0) is 17.8. The van der Waals surface area contributed by atoms with Crippen LogP contribution in [-0.2, 0) is 22.4 Å². The molecule has 2 aromatic rings. The van der Waals surface area contributed by atoms with Crippen LogP contribution in [-0.4, -0.2) is 17.0 Å². The van der Waals surface area contributed by atoms with Crippen LogP contribution in [0, 0.1) is 5.92 Å². The third kappa shape index (κ3) is 4.08. The van der Waals surface area contributed by atoms with E-state index < -0.39 is 11.9 Å². The molecule has 25 heavy (non-hydrogen) atoms. The summed E-state index contributed by atoms with van der Waals surface area (Å²) in [7, 11) is 0. The van der Waals surface area contributed by atoms with Crippen LogP contribution in [0.4, 0.5) is 5.69 Å². The Morgan fingerprint density at radius 3 is 2.60 bits per heavy atom. The fraction of sp³-hybridized carbons (Fsp3) is 0.333. The van der Waals surface area contributed by atoms with Crippen molar-refractivity contribution in [3.63, 3.8) is 0 Å². The molecule has 1 aliphatic carbocycles. The van der Waals surface area contributed by atoms with E-state index in [2.05, 4.69) is 17.4 Å². The molecular formula is C21H23NO3. The third-order valence-corrected chi connectivity index (χ3v) is 4.87. The summed E-state index contributed by atoms with van der Waals surface area (Å²) in [6.07, 6.45) is 3.42. The van der Waals surface area contributed by atoms with Gasteiger partial charge >= 0.3 is 5.97 Å². The first-order valence-electron chi connectivity index (χ1n) is 8.75. The number of carboxylic acid groups (broad SMARTS) is 1. The average molecular weight is 337 g/mol. The maximum Gasteiger partial charge on any atom is 0.306 e. The predicted molar refractivity (Wildman–Crippen MR) is 97.7 cm³/mol. The Balaban J connectivity index is 1.67. The van der Waals surface area contributed by atoms with Gasteiger partial charge in [0.25, 0.3) is 0 Å². The zero-order valence-corrected chi connectivity index (χ0v) is 14.4. The topological polar surface area (TPSA) is 66.4 Å². The average Bonchev–Trinajstić information content (AvgIpc) is 2.62. The van der Waals surface area contributed by atoms with E-state index in [1.807, 2.05) is 36.4 Å². The van der Waals surface area contributed by atoms with Gasteiger partial charge in [-0.25, -0.2) is 0 Å². The lowest BCUT2D eigenvalue weighted by Crippen LogP contribution is -2.24. The van der Waals surface area contributed by atoms with Crippen LogP contribution in [0.25, 0.3) is 0 Å². The number of carbonyl (C=O) groups is 2. The molecule has 0 spiro atoms. The zero-order valence-electron chi connectivity index (χ0n) is 14.4. The van der Waals surface area contributed by atoms with Crippen LogP contribution in [0.2, 0.25) is 0 Å². The first kappa shape index (κ1) is 17.2. The number of nitrogens with one attached hydrogen (secondary N) is 1. The second kappa shape index (κ2) is 7.51. The van der Waals surface area contributed by atoms with Crippen molar-refractivity contribution < 1.29 is 14.7 Å². The normalized spacial score (nSPS) is 17.4. The third-order valence-electron chi connectivity index (χ3n) is 4.87. The molecular weight excluding hydrogens is 314 g/mol. The molecule has 0 aliphatic heterocycles. The minimum atomic E-state index is -0.798. The number of fused-ring (bicyclic) bond motifs is 1. The largest absolute Gasteiger partial charge is 0.481 e. The van der Waals surface area contributed by atoms with Gasteiger partial charge < -0.3 is 10.4 Å². The molecule has 0 radical (unpaired) electrons. The van der Waals surface area contributed by atoms with Gasteiger partial charge in [0, 0.05) is 5.69 Å². The molecule has 0 fully saturated rings. The molecule has 0 saturated carbocycles. The Labute approximate surface area is 147 Å². The number of anilines is 1. The van der Waals surface area contributed by atoms with Gasteiger partial charge in [-0.3, -0.25) is 9.59 Å². The molecule has 2 unspecified atom stereocenters. The highest BCUT2D eigenvalue weighted by molar-refractivity contribution is 5.96. The van der Waals surface area contributed by atoms with E-state index in [4.69, 9.17) is 5.11 Å². The Kier molecular flexibility index (Phi) is 5.17. The Morgan fingerprint density at radius 1 is 1.16 bits per heavy atom. The summed E-state index contributed by atoms with van der Waals surface area (Å²) in [6.45, 7) is 1.69. The van der Waals surface area contributed by atoms with Gasteiger partial charge in [0.15, 0.2) is 0 Å². The van der Waals surface area contributed by atoms with Crippen molar-refractivity contribution in [2.24, 2.45) is 5.92 Å². The lowest BCUT2D eigenvalue weighted by molar-refractivity contribution is -0.141. The van der Waals surface area contributed by atoms with Gasteiger partial charge in [-0.05, 0) is 54.5 Å². The van der Waals surface area contributed by atoms with Crippen LogP contribution in [0.15, 0.2) is 48.5 Å². The summed E-state index contributed by atoms with van der Waals surface area (Å²) < 4.78 is 0. The molecule has 4 nitrogen and oxygen atoms in total. The van der Waals surface area contributed by atoms with Crippen molar-refractivity contribution >= 4 is 17.6 Å². The van der Waals surface area contributed by atoms with Crippen molar-refractivity contribution in [3.8, 4) is 0 Å². The molecule has 0 bridgehead atoms. The van der Waals surface area contributed by atoms with Gasteiger partial charge in [0.2, 0.25) is 5.91 Å². The number of aliphatic carboxylic acids is 1. The van der Waals surface area contributed by atoms with Crippen molar-refractivity contribution in [3.05, 3.63) is 65.2 Å². The van der Waals surface area contributed by atoms with Gasteiger partial charge in [-0.2, -0.15) is 0 Å². The lowest BCUT2D eigenvalue weighted by Gasteiger charge is -2.24. The molecule has 2 atom stereocenters. The molecule has 0 aromatic heterocycles. The highest BCUT2D eigenvalue weighted by Gasteiger charge is 2.26. The number of carbonyl (C=O) groups excluding carboxylic acids is 1. The van der Waals surface area contributed by atoms with Gasteiger partial charge in [0.1, 0.15) is 0 Å². The second-order valence-corrected chi connectivity index (χ2v) is 6.77. The predicted octanol–water partition coefficient (Wildman–Crippen LogP) is 4.01. The summed E-state index contributed by atoms with van der Waals surface area (Å²) in [5.41, 5.74) is 4.11.